The topological polar surface area (TPSA) is 51.2 Å². The number of carbonyl (C=O) groups is 3. The Morgan fingerprint density at radius 3 is 1.25 bits per heavy atom. The summed E-state index contributed by atoms with van der Waals surface area (Å²) in [5.41, 5.74) is 9.36. The molecular weight excluding hydrogens is 808 g/mol. The molecule has 5 rings (SSSR count). The third kappa shape index (κ3) is 14.9. The highest BCUT2D eigenvalue weighted by molar-refractivity contribution is 9.10. The molecule has 0 saturated heterocycles. The normalized spacial score (nSPS) is 10.4. The quantitative estimate of drug-likeness (QED) is 0.0501. The van der Waals surface area contributed by atoms with Gasteiger partial charge in [-0.15, -0.1) is 0 Å². The van der Waals surface area contributed by atoms with Gasteiger partial charge in [-0.05, 0) is 65.6 Å². The first-order valence-corrected chi connectivity index (χ1v) is 21.9. The Kier molecular flexibility index (Phi) is 21.5. The molecule has 0 unspecified atom stereocenters. The first-order valence-electron chi connectivity index (χ1n) is 20.0. The van der Waals surface area contributed by atoms with Gasteiger partial charge >= 0.3 is 0 Å². The lowest BCUT2D eigenvalue weighted by atomic mass is 9.92. The van der Waals surface area contributed by atoms with Gasteiger partial charge in [0.1, 0.15) is 0 Å². The summed E-state index contributed by atoms with van der Waals surface area (Å²) in [6, 6.07) is 40.0. The van der Waals surface area contributed by atoms with Gasteiger partial charge in [0.2, 0.25) is 0 Å². The van der Waals surface area contributed by atoms with Crippen molar-refractivity contribution in [3.8, 4) is 22.3 Å². The molecule has 5 aromatic carbocycles. The van der Waals surface area contributed by atoms with E-state index in [-0.39, 0.29) is 17.3 Å². The number of ketones is 3. The number of hydrogen-bond donors (Lipinski definition) is 0. The standard InChI is InChI=1S/C19H21BrO.C19H22O.C12H15BrO/c1-2-3-4-13-19(21)18-12-8-7-11-17(18)16-10-6-5-9-15(16)14-20;1-3-4-5-14-19(20)18-13-9-8-12-17(18)16-11-7-6-10-15(16)2;1-2-3-4-9-12(14)10-7-5-6-8-11(10)13/h5-12H,2-4,13-14H2,1H3;6-13H,3-5,14H2,1-2H3;5-8H,2-4,9H2,1H3. The Morgan fingerprint density at radius 1 is 0.436 bits per heavy atom. The summed E-state index contributed by atoms with van der Waals surface area (Å²) in [4.78, 5) is 36.6. The van der Waals surface area contributed by atoms with Gasteiger partial charge < -0.3 is 0 Å². The maximum atomic E-state index is 12.5. The van der Waals surface area contributed by atoms with Gasteiger partial charge in [0.15, 0.2) is 17.3 Å². The molecule has 0 aliphatic heterocycles. The molecule has 5 aromatic rings. The maximum Gasteiger partial charge on any atom is 0.164 e. The van der Waals surface area contributed by atoms with Crippen LogP contribution >= 0.6 is 31.9 Å². The fourth-order valence-corrected chi connectivity index (χ4v) is 7.39. The third-order valence-electron chi connectivity index (χ3n) is 9.54. The lowest BCUT2D eigenvalue weighted by molar-refractivity contribution is 0.0971. The van der Waals surface area contributed by atoms with Crippen LogP contribution in [0.15, 0.2) is 126 Å². The molecule has 0 aliphatic carbocycles. The number of hydrogen-bond acceptors (Lipinski definition) is 3. The molecule has 0 aromatic heterocycles. The SMILES string of the molecule is CCCCCC(=O)c1ccccc1-c1ccccc1C.CCCCCC(=O)c1ccccc1-c1ccccc1CBr.CCCCCC(=O)c1ccccc1Br. The summed E-state index contributed by atoms with van der Waals surface area (Å²) in [6.07, 6.45) is 11.7. The van der Waals surface area contributed by atoms with Crippen molar-refractivity contribution in [1.29, 1.82) is 0 Å². The van der Waals surface area contributed by atoms with Gasteiger partial charge in [0.25, 0.3) is 0 Å². The molecule has 0 N–H and O–H groups in total. The van der Waals surface area contributed by atoms with Crippen molar-refractivity contribution in [2.75, 3.05) is 0 Å². The van der Waals surface area contributed by atoms with Gasteiger partial charge in [-0.1, -0.05) is 206 Å². The average Bonchev–Trinajstić information content (AvgIpc) is 3.22. The Morgan fingerprint density at radius 2 is 0.800 bits per heavy atom. The highest BCUT2D eigenvalue weighted by Gasteiger charge is 2.15. The van der Waals surface area contributed by atoms with Crippen LogP contribution in [0.4, 0.5) is 0 Å². The third-order valence-corrected chi connectivity index (χ3v) is 10.8. The van der Waals surface area contributed by atoms with Crippen molar-refractivity contribution >= 4 is 49.2 Å². The van der Waals surface area contributed by atoms with E-state index in [1.165, 1.54) is 11.1 Å². The zero-order valence-corrected chi connectivity index (χ0v) is 36.4. The smallest absolute Gasteiger partial charge is 0.164 e. The van der Waals surface area contributed by atoms with Crippen LogP contribution in [0.5, 0.6) is 0 Å². The molecule has 0 bridgehead atoms. The highest BCUT2D eigenvalue weighted by Crippen LogP contribution is 2.30. The van der Waals surface area contributed by atoms with Crippen molar-refractivity contribution in [3.63, 3.8) is 0 Å². The Hall–Kier alpha value is -3.93. The van der Waals surface area contributed by atoms with E-state index >= 15 is 0 Å². The predicted molar refractivity (Wildman–Crippen MR) is 241 cm³/mol. The summed E-state index contributed by atoms with van der Waals surface area (Å²) in [6.45, 7) is 8.55. The molecular formula is C50H58Br2O3. The van der Waals surface area contributed by atoms with Gasteiger partial charge in [-0.2, -0.15) is 0 Å². The molecule has 55 heavy (non-hydrogen) atoms. The van der Waals surface area contributed by atoms with Crippen molar-refractivity contribution in [1.82, 2.24) is 0 Å². The molecule has 5 heteroatoms. The molecule has 0 radical (unpaired) electrons. The summed E-state index contributed by atoms with van der Waals surface area (Å²) in [5, 5.41) is 0.793. The van der Waals surface area contributed by atoms with Gasteiger partial charge in [0, 0.05) is 45.8 Å². The molecule has 0 fully saturated rings. The first-order chi connectivity index (χ1) is 26.8. The van der Waals surface area contributed by atoms with Crippen LogP contribution in [-0.4, -0.2) is 17.3 Å². The number of unbranched alkanes of at least 4 members (excludes halogenated alkanes) is 6. The number of aryl methyl sites for hydroxylation is 1. The van der Waals surface area contributed by atoms with Crippen LogP contribution in [0.2, 0.25) is 0 Å². The van der Waals surface area contributed by atoms with E-state index in [2.05, 4.69) is 96.0 Å². The monoisotopic (exact) mass is 864 g/mol. The minimum absolute atomic E-state index is 0.242. The lowest BCUT2D eigenvalue weighted by Gasteiger charge is -2.12. The van der Waals surface area contributed by atoms with Crippen LogP contribution in [0.3, 0.4) is 0 Å². The van der Waals surface area contributed by atoms with Crippen molar-refractivity contribution in [3.05, 3.63) is 154 Å². The van der Waals surface area contributed by atoms with Crippen molar-refractivity contribution in [2.24, 2.45) is 0 Å². The average molecular weight is 867 g/mol. The molecule has 0 saturated carbocycles. The summed E-state index contributed by atoms with van der Waals surface area (Å²) in [5.74, 6) is 0.756. The fraction of sp³-hybridized carbons (Fsp3) is 0.340. The van der Waals surface area contributed by atoms with Crippen LogP contribution < -0.4 is 0 Å². The Balaban J connectivity index is 0.000000226. The second kappa shape index (κ2) is 26.0. The van der Waals surface area contributed by atoms with Crippen LogP contribution in [-0.2, 0) is 5.33 Å². The maximum absolute atomic E-state index is 12.5. The molecule has 0 atom stereocenters. The number of halogens is 2. The summed E-state index contributed by atoms with van der Waals surface area (Å²) >= 11 is 6.92. The highest BCUT2D eigenvalue weighted by atomic mass is 79.9. The molecule has 0 aliphatic rings. The minimum atomic E-state index is 0.242. The van der Waals surface area contributed by atoms with Crippen LogP contribution in [0, 0.1) is 6.92 Å². The molecule has 3 nitrogen and oxygen atoms in total. The Bertz CT molecular complexity index is 1930. The van der Waals surface area contributed by atoms with Gasteiger partial charge in [-0.3, -0.25) is 14.4 Å². The fourth-order valence-electron chi connectivity index (χ4n) is 6.39. The van der Waals surface area contributed by atoms with Gasteiger partial charge in [0.05, 0.1) is 0 Å². The van der Waals surface area contributed by atoms with Crippen LogP contribution in [0.25, 0.3) is 22.3 Å². The van der Waals surface area contributed by atoms with E-state index in [0.29, 0.717) is 19.3 Å². The molecule has 0 spiro atoms. The molecule has 0 heterocycles. The number of carbonyl (C=O) groups excluding carboxylic acids is 3. The van der Waals surface area contributed by atoms with E-state index < -0.39 is 0 Å². The Labute approximate surface area is 347 Å². The number of benzene rings is 5. The predicted octanol–water partition coefficient (Wildman–Crippen LogP) is 15.6. The van der Waals surface area contributed by atoms with Crippen molar-refractivity contribution < 1.29 is 14.4 Å². The van der Waals surface area contributed by atoms with E-state index in [1.54, 1.807) is 0 Å². The first kappa shape index (κ1) is 45.5. The number of rotatable bonds is 18. The largest absolute Gasteiger partial charge is 0.294 e. The number of Topliss-reactive ketones (excluding diaryl/α,β-unsaturated/α-hetero) is 3. The zero-order valence-electron chi connectivity index (χ0n) is 33.2. The van der Waals surface area contributed by atoms with E-state index in [9.17, 15) is 14.4 Å². The second-order valence-electron chi connectivity index (χ2n) is 13.8. The van der Waals surface area contributed by atoms with E-state index in [4.69, 9.17) is 0 Å². The van der Waals surface area contributed by atoms with Crippen LogP contribution in [0.1, 0.15) is 140 Å². The zero-order chi connectivity index (χ0) is 39.8. The summed E-state index contributed by atoms with van der Waals surface area (Å²) < 4.78 is 0.904. The van der Waals surface area contributed by atoms with E-state index in [0.717, 1.165) is 107 Å². The minimum Gasteiger partial charge on any atom is -0.294 e. The molecule has 290 valence electrons. The van der Waals surface area contributed by atoms with Crippen molar-refractivity contribution in [2.45, 2.75) is 110 Å². The second-order valence-corrected chi connectivity index (χ2v) is 15.2. The van der Waals surface area contributed by atoms with E-state index in [1.807, 2.05) is 84.9 Å². The summed E-state index contributed by atoms with van der Waals surface area (Å²) in [7, 11) is 0. The number of alkyl halides is 1. The van der Waals surface area contributed by atoms with Gasteiger partial charge in [-0.25, -0.2) is 0 Å². The lowest BCUT2D eigenvalue weighted by Crippen LogP contribution is -2.02. The molecule has 0 amide bonds.